The first-order valence-electron chi connectivity index (χ1n) is 2.67. The fourth-order valence-corrected chi connectivity index (χ4v) is 1.20. The van der Waals surface area contributed by atoms with Crippen molar-refractivity contribution in [1.29, 1.82) is 0 Å². The smallest absolute Gasteiger partial charge is 0.180 e. The zero-order valence-electron chi connectivity index (χ0n) is 5.16. The Hall–Kier alpha value is -0.830. The Labute approximate surface area is 58.0 Å². The van der Waals surface area contributed by atoms with Crippen LogP contribution in [0.25, 0.3) is 6.08 Å². The minimum atomic E-state index is 0.628. The van der Waals surface area contributed by atoms with Crippen molar-refractivity contribution in [3.63, 3.8) is 0 Å². The lowest BCUT2D eigenvalue weighted by atomic mass is 10.5. The molecule has 0 radical (unpaired) electrons. The van der Waals surface area contributed by atoms with E-state index in [0.717, 1.165) is 4.88 Å². The molecule has 9 heavy (non-hydrogen) atoms. The quantitative estimate of drug-likeness (QED) is 0.645. The summed E-state index contributed by atoms with van der Waals surface area (Å²) in [5.41, 5.74) is 5.38. The van der Waals surface area contributed by atoms with Gasteiger partial charge < -0.3 is 5.73 Å². The van der Waals surface area contributed by atoms with Crippen molar-refractivity contribution in [3.8, 4) is 0 Å². The van der Waals surface area contributed by atoms with Crippen molar-refractivity contribution in [3.05, 3.63) is 17.2 Å². The van der Waals surface area contributed by atoms with Crippen LogP contribution in [-0.2, 0) is 0 Å². The van der Waals surface area contributed by atoms with Gasteiger partial charge in [-0.05, 0) is 13.0 Å². The molecule has 0 unspecified atom stereocenters. The van der Waals surface area contributed by atoms with Crippen LogP contribution in [0.2, 0.25) is 0 Å². The van der Waals surface area contributed by atoms with E-state index in [1.165, 1.54) is 11.3 Å². The second-order valence-corrected chi connectivity index (χ2v) is 2.69. The molecule has 1 aromatic heterocycles. The van der Waals surface area contributed by atoms with Gasteiger partial charge in [-0.25, -0.2) is 4.98 Å². The van der Waals surface area contributed by atoms with E-state index in [9.17, 15) is 0 Å². The lowest BCUT2D eigenvalue weighted by Gasteiger charge is -1.75. The zero-order valence-corrected chi connectivity index (χ0v) is 5.98. The van der Waals surface area contributed by atoms with Gasteiger partial charge >= 0.3 is 0 Å². The van der Waals surface area contributed by atoms with Crippen LogP contribution >= 0.6 is 11.3 Å². The first kappa shape index (κ1) is 6.29. The van der Waals surface area contributed by atoms with E-state index in [2.05, 4.69) is 4.98 Å². The van der Waals surface area contributed by atoms with Gasteiger partial charge in [-0.15, -0.1) is 0 Å². The molecule has 0 saturated heterocycles. The zero-order chi connectivity index (χ0) is 6.69. The maximum atomic E-state index is 5.38. The molecule has 0 aliphatic carbocycles. The summed E-state index contributed by atoms with van der Waals surface area (Å²) in [4.78, 5) is 4.99. The van der Waals surface area contributed by atoms with Crippen LogP contribution in [0, 0.1) is 0 Å². The van der Waals surface area contributed by atoms with Crippen LogP contribution < -0.4 is 5.73 Å². The van der Waals surface area contributed by atoms with Gasteiger partial charge in [0.25, 0.3) is 0 Å². The van der Waals surface area contributed by atoms with Gasteiger partial charge in [0, 0.05) is 11.1 Å². The summed E-state index contributed by atoms with van der Waals surface area (Å²) in [6, 6.07) is 0. The highest BCUT2D eigenvalue weighted by atomic mass is 32.1. The first-order chi connectivity index (χ1) is 4.33. The normalized spacial score (nSPS) is 10.8. The number of allylic oxidation sites excluding steroid dienone is 1. The number of rotatable bonds is 1. The highest BCUT2D eigenvalue weighted by Gasteiger charge is 1.90. The molecule has 0 bridgehead atoms. The average molecular weight is 140 g/mol. The third-order valence-corrected chi connectivity index (χ3v) is 1.66. The maximum Gasteiger partial charge on any atom is 0.180 e. The second-order valence-electron chi connectivity index (χ2n) is 1.60. The van der Waals surface area contributed by atoms with E-state index in [1.807, 2.05) is 19.1 Å². The van der Waals surface area contributed by atoms with Crippen molar-refractivity contribution in [2.75, 3.05) is 5.73 Å². The minimum Gasteiger partial charge on any atom is -0.375 e. The summed E-state index contributed by atoms with van der Waals surface area (Å²) in [5, 5.41) is 0.628. The van der Waals surface area contributed by atoms with Gasteiger partial charge in [-0.1, -0.05) is 17.4 Å². The molecular weight excluding hydrogens is 132 g/mol. The third kappa shape index (κ3) is 1.54. The Morgan fingerprint density at radius 2 is 2.56 bits per heavy atom. The topological polar surface area (TPSA) is 38.9 Å². The second kappa shape index (κ2) is 2.64. The van der Waals surface area contributed by atoms with Gasteiger partial charge in [0.05, 0.1) is 0 Å². The van der Waals surface area contributed by atoms with E-state index in [-0.39, 0.29) is 0 Å². The molecule has 0 spiro atoms. The lowest BCUT2D eigenvalue weighted by molar-refractivity contribution is 1.42. The number of hydrogen-bond acceptors (Lipinski definition) is 3. The molecule has 0 aromatic carbocycles. The van der Waals surface area contributed by atoms with E-state index >= 15 is 0 Å². The molecule has 0 fully saturated rings. The average Bonchev–Trinajstić information content (AvgIpc) is 2.17. The summed E-state index contributed by atoms with van der Waals surface area (Å²) in [6.45, 7) is 1.97. The standard InChI is InChI=1S/C6H8N2S/c1-2-3-5-4-8-6(7)9-5/h2-4H,1H3,(H2,7,8)/b3-2+. The number of nitrogens with two attached hydrogens (primary N) is 1. The molecule has 0 aliphatic rings. The molecule has 0 saturated carbocycles. The first-order valence-corrected chi connectivity index (χ1v) is 3.48. The van der Waals surface area contributed by atoms with Crippen molar-refractivity contribution in [2.24, 2.45) is 0 Å². The Bertz CT molecular complexity index is 215. The van der Waals surface area contributed by atoms with Crippen LogP contribution in [0.3, 0.4) is 0 Å². The Kier molecular flexibility index (Phi) is 1.85. The molecule has 1 rings (SSSR count). The summed E-state index contributed by atoms with van der Waals surface area (Å²) >= 11 is 1.49. The van der Waals surface area contributed by atoms with Gasteiger partial charge in [0.15, 0.2) is 5.13 Å². The monoisotopic (exact) mass is 140 g/mol. The van der Waals surface area contributed by atoms with E-state index in [1.54, 1.807) is 6.20 Å². The van der Waals surface area contributed by atoms with Crippen molar-refractivity contribution in [2.45, 2.75) is 6.92 Å². The van der Waals surface area contributed by atoms with Crippen LogP contribution in [-0.4, -0.2) is 4.98 Å². The summed E-state index contributed by atoms with van der Waals surface area (Å²) in [5.74, 6) is 0. The summed E-state index contributed by atoms with van der Waals surface area (Å²) in [6.07, 6.45) is 5.71. The van der Waals surface area contributed by atoms with Crippen LogP contribution in [0.4, 0.5) is 5.13 Å². The largest absolute Gasteiger partial charge is 0.375 e. The van der Waals surface area contributed by atoms with Gasteiger partial charge in [-0.3, -0.25) is 0 Å². The van der Waals surface area contributed by atoms with Crippen LogP contribution in [0.1, 0.15) is 11.8 Å². The molecule has 1 heterocycles. The molecule has 2 N–H and O–H groups in total. The Morgan fingerprint density at radius 1 is 1.78 bits per heavy atom. The van der Waals surface area contributed by atoms with Gasteiger partial charge in [0.2, 0.25) is 0 Å². The highest BCUT2D eigenvalue weighted by Crippen LogP contribution is 2.15. The lowest BCUT2D eigenvalue weighted by Crippen LogP contribution is -1.77. The third-order valence-electron chi connectivity index (χ3n) is 0.872. The number of aromatic nitrogens is 1. The molecule has 3 heteroatoms. The molecule has 2 nitrogen and oxygen atoms in total. The minimum absolute atomic E-state index is 0.628. The Morgan fingerprint density at radius 3 is 3.00 bits per heavy atom. The van der Waals surface area contributed by atoms with Crippen LogP contribution in [0.15, 0.2) is 12.3 Å². The molecular formula is C6H8N2S. The van der Waals surface area contributed by atoms with Crippen molar-refractivity contribution >= 4 is 22.5 Å². The molecule has 0 atom stereocenters. The SMILES string of the molecule is C/C=C/c1cnc(N)s1. The van der Waals surface area contributed by atoms with Gasteiger partial charge in [-0.2, -0.15) is 0 Å². The fraction of sp³-hybridized carbons (Fsp3) is 0.167. The fourth-order valence-electron chi connectivity index (χ4n) is 0.542. The number of thiazole rings is 1. The van der Waals surface area contributed by atoms with E-state index in [4.69, 9.17) is 5.73 Å². The molecule has 0 amide bonds. The molecule has 48 valence electrons. The van der Waals surface area contributed by atoms with Crippen LogP contribution in [0.5, 0.6) is 0 Å². The predicted molar refractivity (Wildman–Crippen MR) is 41.2 cm³/mol. The Balaban J connectivity index is 2.85. The number of nitrogen functional groups attached to an aromatic ring is 1. The van der Waals surface area contributed by atoms with Crippen molar-refractivity contribution in [1.82, 2.24) is 4.98 Å². The van der Waals surface area contributed by atoms with Crippen molar-refractivity contribution < 1.29 is 0 Å². The van der Waals surface area contributed by atoms with Gasteiger partial charge in [0.1, 0.15) is 0 Å². The summed E-state index contributed by atoms with van der Waals surface area (Å²) < 4.78 is 0. The maximum absolute atomic E-state index is 5.38. The summed E-state index contributed by atoms with van der Waals surface area (Å²) in [7, 11) is 0. The number of hydrogen-bond donors (Lipinski definition) is 1. The van der Waals surface area contributed by atoms with E-state index < -0.39 is 0 Å². The predicted octanol–water partition coefficient (Wildman–Crippen LogP) is 1.76. The van der Waals surface area contributed by atoms with E-state index in [0.29, 0.717) is 5.13 Å². The molecule has 1 aromatic rings. The highest BCUT2D eigenvalue weighted by molar-refractivity contribution is 7.16. The molecule has 0 aliphatic heterocycles. The number of nitrogens with zero attached hydrogens (tertiary/aromatic N) is 1. The number of anilines is 1.